The number of aromatic nitrogens is 1. The van der Waals surface area contributed by atoms with Crippen LogP contribution in [0.3, 0.4) is 0 Å². The average molecular weight is 397 g/mol. The van der Waals surface area contributed by atoms with Crippen molar-refractivity contribution in [2.75, 3.05) is 6.61 Å². The van der Waals surface area contributed by atoms with Gasteiger partial charge in [-0.1, -0.05) is 6.07 Å². The van der Waals surface area contributed by atoms with Gasteiger partial charge in [0, 0.05) is 23.1 Å². The Morgan fingerprint density at radius 3 is 3.07 bits per heavy atom. The van der Waals surface area contributed by atoms with Gasteiger partial charge in [-0.25, -0.2) is 9.79 Å². The zero-order valence-electron chi connectivity index (χ0n) is 15.8. The van der Waals surface area contributed by atoms with Crippen LogP contribution in [-0.2, 0) is 4.74 Å². The van der Waals surface area contributed by atoms with Gasteiger partial charge in [-0.05, 0) is 67.3 Å². The number of ether oxygens (including phenoxy) is 1. The van der Waals surface area contributed by atoms with Crippen LogP contribution < -0.4 is 11.1 Å². The number of fused-ring (bicyclic) bond motifs is 1. The molecule has 0 saturated heterocycles. The highest BCUT2D eigenvalue weighted by atomic mass is 32.1. The van der Waals surface area contributed by atoms with Gasteiger partial charge in [-0.2, -0.15) is 0 Å². The van der Waals surface area contributed by atoms with Gasteiger partial charge in [0.15, 0.2) is 0 Å². The summed E-state index contributed by atoms with van der Waals surface area (Å²) in [5.41, 5.74) is 9.35. The smallest absolute Gasteiger partial charge is 0.407 e. The molecule has 2 aromatic heterocycles. The molecule has 4 N–H and O–H groups in total. The molecule has 1 aliphatic carbocycles. The Morgan fingerprint density at radius 2 is 2.29 bits per heavy atom. The number of nitrogens with one attached hydrogen (secondary N) is 2. The lowest BCUT2D eigenvalue weighted by atomic mass is 9.96. The van der Waals surface area contributed by atoms with Crippen molar-refractivity contribution in [1.82, 2.24) is 10.3 Å². The van der Waals surface area contributed by atoms with Crippen LogP contribution in [0.15, 0.2) is 46.9 Å². The molecule has 2 unspecified atom stereocenters. The quantitative estimate of drug-likeness (QED) is 0.433. The van der Waals surface area contributed by atoms with E-state index in [4.69, 9.17) is 10.5 Å². The number of benzene rings is 1. The molecule has 0 bridgehead atoms. The van der Waals surface area contributed by atoms with Crippen LogP contribution in [0.4, 0.5) is 10.5 Å². The molecular formula is C21H24N4O2S. The molecule has 7 heteroatoms. The maximum atomic E-state index is 11.7. The second kappa shape index (κ2) is 8.06. The van der Waals surface area contributed by atoms with Crippen molar-refractivity contribution >= 4 is 39.9 Å². The molecule has 4 rings (SSSR count). The lowest BCUT2D eigenvalue weighted by molar-refractivity contribution is 0.148. The third-order valence-corrected chi connectivity index (χ3v) is 6.08. The number of nitrogens with two attached hydrogens (primary N) is 1. The molecular weight excluding hydrogens is 372 g/mol. The van der Waals surface area contributed by atoms with Gasteiger partial charge in [-0.3, -0.25) is 0 Å². The minimum atomic E-state index is -0.326. The van der Waals surface area contributed by atoms with Gasteiger partial charge >= 0.3 is 6.09 Å². The van der Waals surface area contributed by atoms with Crippen LogP contribution in [0.1, 0.15) is 42.5 Å². The summed E-state index contributed by atoms with van der Waals surface area (Å²) in [6.07, 6.45) is 4.66. The maximum absolute atomic E-state index is 11.7. The standard InChI is InChI=1S/C21H24N4O2S/c1-2-27-21(26)25-14-6-5-13(10-14)17-12-23-18-8-7-15(11-16(17)18)24-20(22)19-4-3-9-28-19/h3-4,7-9,11-14,23H,2,5-6,10H2,1H3,(H2,22,24)(H,25,26). The largest absolute Gasteiger partial charge is 0.450 e. The number of hydrogen-bond acceptors (Lipinski definition) is 4. The fraction of sp³-hybridized carbons (Fsp3) is 0.333. The summed E-state index contributed by atoms with van der Waals surface area (Å²) in [5, 5.41) is 6.12. The molecule has 146 valence electrons. The summed E-state index contributed by atoms with van der Waals surface area (Å²) in [6, 6.07) is 10.2. The van der Waals surface area contributed by atoms with Crippen LogP contribution >= 0.6 is 11.3 Å². The van der Waals surface area contributed by atoms with E-state index in [1.165, 1.54) is 10.9 Å². The molecule has 1 fully saturated rings. The van der Waals surface area contributed by atoms with E-state index in [1.807, 2.05) is 36.6 Å². The van der Waals surface area contributed by atoms with E-state index in [9.17, 15) is 4.79 Å². The van der Waals surface area contributed by atoms with Crippen molar-refractivity contribution in [3.8, 4) is 0 Å². The van der Waals surface area contributed by atoms with Gasteiger partial charge in [-0.15, -0.1) is 11.3 Å². The zero-order chi connectivity index (χ0) is 19.5. The summed E-state index contributed by atoms with van der Waals surface area (Å²) >= 11 is 1.58. The van der Waals surface area contributed by atoms with E-state index in [1.54, 1.807) is 11.3 Å². The summed E-state index contributed by atoms with van der Waals surface area (Å²) in [5.74, 6) is 0.931. The van der Waals surface area contributed by atoms with E-state index in [-0.39, 0.29) is 12.1 Å². The molecule has 6 nitrogen and oxygen atoms in total. The van der Waals surface area contributed by atoms with Gasteiger partial charge in [0.25, 0.3) is 0 Å². The predicted octanol–water partition coefficient (Wildman–Crippen LogP) is 4.65. The molecule has 2 atom stereocenters. The number of amidine groups is 1. The highest BCUT2D eigenvalue weighted by Gasteiger charge is 2.29. The fourth-order valence-electron chi connectivity index (χ4n) is 3.89. The summed E-state index contributed by atoms with van der Waals surface area (Å²) in [4.78, 5) is 20.6. The van der Waals surface area contributed by atoms with Crippen molar-refractivity contribution in [3.05, 3.63) is 52.3 Å². The predicted molar refractivity (Wildman–Crippen MR) is 114 cm³/mol. The molecule has 0 aliphatic heterocycles. The normalized spacial score (nSPS) is 19.8. The lowest BCUT2D eigenvalue weighted by Crippen LogP contribution is -2.33. The first kappa shape index (κ1) is 18.6. The highest BCUT2D eigenvalue weighted by molar-refractivity contribution is 7.12. The SMILES string of the molecule is CCOC(=O)NC1CCC(c2c[nH]c3ccc(N=C(N)c4cccs4)cc23)C1. The van der Waals surface area contributed by atoms with E-state index < -0.39 is 0 Å². The molecule has 0 spiro atoms. The van der Waals surface area contributed by atoms with Crippen molar-refractivity contribution in [3.63, 3.8) is 0 Å². The molecule has 1 aromatic carbocycles. The second-order valence-corrected chi connectivity index (χ2v) is 7.97. The number of carbonyl (C=O) groups is 1. The van der Waals surface area contributed by atoms with Crippen LogP contribution in [0.2, 0.25) is 0 Å². The molecule has 1 saturated carbocycles. The van der Waals surface area contributed by atoms with Crippen molar-refractivity contribution in [2.45, 2.75) is 38.1 Å². The number of aromatic amines is 1. The van der Waals surface area contributed by atoms with E-state index in [0.29, 0.717) is 18.4 Å². The Bertz CT molecular complexity index is 993. The zero-order valence-corrected chi connectivity index (χ0v) is 16.6. The third-order valence-electron chi connectivity index (χ3n) is 5.19. The summed E-state index contributed by atoms with van der Waals surface area (Å²) in [7, 11) is 0. The first-order valence-corrected chi connectivity index (χ1v) is 10.4. The van der Waals surface area contributed by atoms with Gasteiger partial charge in [0.2, 0.25) is 0 Å². The Labute approximate surface area is 167 Å². The van der Waals surface area contributed by atoms with Crippen molar-refractivity contribution < 1.29 is 9.53 Å². The number of hydrogen-bond donors (Lipinski definition) is 3. The minimum Gasteiger partial charge on any atom is -0.450 e. The molecule has 28 heavy (non-hydrogen) atoms. The minimum absolute atomic E-state index is 0.157. The Balaban J connectivity index is 1.54. The van der Waals surface area contributed by atoms with Gasteiger partial charge in [0.05, 0.1) is 17.2 Å². The molecule has 3 aromatic rings. The van der Waals surface area contributed by atoms with Crippen LogP contribution in [0.25, 0.3) is 10.9 Å². The number of rotatable bonds is 5. The number of nitrogens with zero attached hydrogens (tertiary/aromatic N) is 1. The maximum Gasteiger partial charge on any atom is 0.407 e. The number of amides is 1. The number of alkyl carbamates (subject to hydrolysis) is 1. The number of aliphatic imine (C=N–C) groups is 1. The van der Waals surface area contributed by atoms with Crippen LogP contribution in [0.5, 0.6) is 0 Å². The first-order valence-electron chi connectivity index (χ1n) is 9.56. The first-order chi connectivity index (χ1) is 13.6. The molecule has 1 amide bonds. The highest BCUT2D eigenvalue weighted by Crippen LogP contribution is 2.39. The van der Waals surface area contributed by atoms with Crippen molar-refractivity contribution in [2.24, 2.45) is 10.7 Å². The number of carbonyl (C=O) groups excluding carboxylic acids is 1. The second-order valence-electron chi connectivity index (χ2n) is 7.02. The number of thiophene rings is 1. The van der Waals surface area contributed by atoms with Crippen LogP contribution in [0, 0.1) is 0 Å². The van der Waals surface area contributed by atoms with E-state index >= 15 is 0 Å². The van der Waals surface area contributed by atoms with Gasteiger partial charge in [0.1, 0.15) is 5.84 Å². The van der Waals surface area contributed by atoms with Crippen molar-refractivity contribution in [1.29, 1.82) is 0 Å². The topological polar surface area (TPSA) is 92.5 Å². The summed E-state index contributed by atoms with van der Waals surface area (Å²) < 4.78 is 5.00. The lowest BCUT2D eigenvalue weighted by Gasteiger charge is -2.13. The Kier molecular flexibility index (Phi) is 5.34. The van der Waals surface area contributed by atoms with E-state index in [0.717, 1.165) is 35.3 Å². The summed E-state index contributed by atoms with van der Waals surface area (Å²) in [6.45, 7) is 2.20. The Hall–Kier alpha value is -2.80. The monoisotopic (exact) mass is 396 g/mol. The van der Waals surface area contributed by atoms with Crippen LogP contribution in [-0.4, -0.2) is 29.6 Å². The van der Waals surface area contributed by atoms with E-state index in [2.05, 4.69) is 27.6 Å². The molecule has 1 aliphatic rings. The third kappa shape index (κ3) is 3.89. The van der Waals surface area contributed by atoms with Gasteiger partial charge < -0.3 is 20.8 Å². The molecule has 0 radical (unpaired) electrons. The average Bonchev–Trinajstić information content (AvgIpc) is 3.42. The molecule has 2 heterocycles. The number of H-pyrrole nitrogens is 1. The fourth-order valence-corrected chi connectivity index (χ4v) is 4.52. The Morgan fingerprint density at radius 1 is 1.39 bits per heavy atom.